The molecule has 0 bridgehead atoms. The molecule has 2 nitrogen and oxygen atoms in total. The van der Waals surface area contributed by atoms with E-state index in [0.29, 0.717) is 11.5 Å². The first-order valence-corrected chi connectivity index (χ1v) is 4.90. The average Bonchev–Trinajstić information content (AvgIpc) is 2.19. The van der Waals surface area contributed by atoms with Crippen LogP contribution in [0.5, 0.6) is 0 Å². The summed E-state index contributed by atoms with van der Waals surface area (Å²) in [5, 5.41) is 0. The molecule has 0 aromatic heterocycles. The molecule has 1 aromatic rings. The van der Waals surface area contributed by atoms with Crippen LogP contribution >= 0.6 is 0 Å². The van der Waals surface area contributed by atoms with Gasteiger partial charge in [-0.25, -0.2) is 14.2 Å². The van der Waals surface area contributed by atoms with Gasteiger partial charge in [0.05, 0.1) is 0 Å². The van der Waals surface area contributed by atoms with Crippen molar-refractivity contribution in [2.24, 2.45) is 5.84 Å². The SMILES string of the molecule is CC(C)c1ccc(C(NN)C(F)F)cc1. The molecule has 0 saturated carbocycles. The van der Waals surface area contributed by atoms with Crippen LogP contribution in [-0.2, 0) is 0 Å². The van der Waals surface area contributed by atoms with Gasteiger partial charge in [0, 0.05) is 0 Å². The molecule has 0 radical (unpaired) electrons. The molecule has 1 rings (SSSR count). The van der Waals surface area contributed by atoms with E-state index in [1.807, 2.05) is 12.1 Å². The van der Waals surface area contributed by atoms with Crippen LogP contribution in [0.3, 0.4) is 0 Å². The van der Waals surface area contributed by atoms with E-state index in [0.717, 1.165) is 5.56 Å². The van der Waals surface area contributed by atoms with Crippen LogP contribution in [0.25, 0.3) is 0 Å². The van der Waals surface area contributed by atoms with Crippen molar-refractivity contribution in [3.8, 4) is 0 Å². The number of benzene rings is 1. The predicted molar refractivity (Wildman–Crippen MR) is 56.6 cm³/mol. The zero-order chi connectivity index (χ0) is 11.4. The highest BCUT2D eigenvalue weighted by Gasteiger charge is 2.20. The maximum atomic E-state index is 12.5. The highest BCUT2D eigenvalue weighted by molar-refractivity contribution is 5.27. The molecule has 0 aliphatic carbocycles. The maximum Gasteiger partial charge on any atom is 0.259 e. The monoisotopic (exact) mass is 214 g/mol. The third-order valence-electron chi connectivity index (χ3n) is 2.39. The third-order valence-corrected chi connectivity index (χ3v) is 2.39. The highest BCUT2D eigenvalue weighted by Crippen LogP contribution is 2.22. The van der Waals surface area contributed by atoms with E-state index in [2.05, 4.69) is 19.3 Å². The largest absolute Gasteiger partial charge is 0.271 e. The Bertz CT molecular complexity index is 296. The fourth-order valence-electron chi connectivity index (χ4n) is 1.40. The van der Waals surface area contributed by atoms with Gasteiger partial charge in [-0.2, -0.15) is 0 Å². The minimum Gasteiger partial charge on any atom is -0.271 e. The fourth-order valence-corrected chi connectivity index (χ4v) is 1.40. The van der Waals surface area contributed by atoms with Crippen LogP contribution in [0.4, 0.5) is 8.78 Å². The summed E-state index contributed by atoms with van der Waals surface area (Å²) >= 11 is 0. The summed E-state index contributed by atoms with van der Waals surface area (Å²) in [6.07, 6.45) is -2.50. The van der Waals surface area contributed by atoms with Crippen LogP contribution < -0.4 is 11.3 Å². The molecule has 0 fully saturated rings. The predicted octanol–water partition coefficient (Wildman–Crippen LogP) is 2.58. The van der Waals surface area contributed by atoms with Gasteiger partial charge in [-0.3, -0.25) is 5.84 Å². The van der Waals surface area contributed by atoms with E-state index in [1.54, 1.807) is 12.1 Å². The first kappa shape index (κ1) is 12.1. The van der Waals surface area contributed by atoms with Crippen LogP contribution in [0.1, 0.15) is 36.9 Å². The Kier molecular flexibility index (Phi) is 4.17. The van der Waals surface area contributed by atoms with Gasteiger partial charge in [-0.05, 0) is 17.0 Å². The Balaban J connectivity index is 2.87. The molecule has 0 spiro atoms. The summed E-state index contributed by atoms with van der Waals surface area (Å²) in [6, 6.07) is 5.99. The minimum atomic E-state index is -2.50. The molecule has 0 amide bonds. The molecular weight excluding hydrogens is 198 g/mol. The van der Waals surface area contributed by atoms with E-state index in [1.165, 1.54) is 0 Å². The van der Waals surface area contributed by atoms with Crippen LogP contribution in [0.15, 0.2) is 24.3 Å². The molecule has 3 N–H and O–H groups in total. The maximum absolute atomic E-state index is 12.5. The Morgan fingerprint density at radius 2 is 1.53 bits per heavy atom. The molecule has 4 heteroatoms. The number of halogens is 2. The van der Waals surface area contributed by atoms with Crippen molar-refractivity contribution in [2.75, 3.05) is 0 Å². The van der Waals surface area contributed by atoms with Crippen LogP contribution in [0, 0.1) is 0 Å². The van der Waals surface area contributed by atoms with Gasteiger partial charge >= 0.3 is 0 Å². The molecule has 1 aromatic carbocycles. The Hall–Kier alpha value is -1.00. The fraction of sp³-hybridized carbons (Fsp3) is 0.455. The first-order chi connectivity index (χ1) is 7.06. The van der Waals surface area contributed by atoms with Crippen molar-refractivity contribution in [1.29, 1.82) is 0 Å². The Morgan fingerprint density at radius 1 is 1.07 bits per heavy atom. The lowest BCUT2D eigenvalue weighted by atomic mass is 9.99. The zero-order valence-electron chi connectivity index (χ0n) is 8.87. The van der Waals surface area contributed by atoms with Gasteiger partial charge in [0.1, 0.15) is 6.04 Å². The van der Waals surface area contributed by atoms with Crippen molar-refractivity contribution in [3.63, 3.8) is 0 Å². The van der Waals surface area contributed by atoms with Gasteiger partial charge in [0.25, 0.3) is 6.43 Å². The second kappa shape index (κ2) is 5.19. The van der Waals surface area contributed by atoms with Crippen molar-refractivity contribution < 1.29 is 8.78 Å². The minimum absolute atomic E-state index is 0.398. The van der Waals surface area contributed by atoms with E-state index < -0.39 is 12.5 Å². The lowest BCUT2D eigenvalue weighted by molar-refractivity contribution is 0.0986. The second-order valence-electron chi connectivity index (χ2n) is 3.80. The number of hydrogen-bond donors (Lipinski definition) is 2. The number of alkyl halides is 2. The van der Waals surface area contributed by atoms with Gasteiger partial charge < -0.3 is 0 Å². The molecule has 1 unspecified atom stereocenters. The standard InChI is InChI=1S/C11H16F2N2/c1-7(2)8-3-5-9(6-4-8)10(15-14)11(12)13/h3-7,10-11,15H,14H2,1-2H3. The zero-order valence-corrected chi connectivity index (χ0v) is 8.87. The second-order valence-corrected chi connectivity index (χ2v) is 3.80. The molecular formula is C11H16F2N2. The lowest BCUT2D eigenvalue weighted by Gasteiger charge is -2.16. The number of rotatable bonds is 4. The molecule has 84 valence electrons. The summed E-state index contributed by atoms with van der Waals surface area (Å²) in [5.74, 6) is 5.47. The molecule has 0 heterocycles. The van der Waals surface area contributed by atoms with Crippen molar-refractivity contribution in [1.82, 2.24) is 5.43 Å². The van der Waals surface area contributed by atoms with Crippen molar-refractivity contribution >= 4 is 0 Å². The number of nitrogens with one attached hydrogen (secondary N) is 1. The lowest BCUT2D eigenvalue weighted by Crippen LogP contribution is -2.32. The summed E-state index contributed by atoms with van der Waals surface area (Å²) in [4.78, 5) is 0. The van der Waals surface area contributed by atoms with Crippen LogP contribution in [-0.4, -0.2) is 6.43 Å². The normalized spacial score (nSPS) is 13.5. The van der Waals surface area contributed by atoms with Crippen molar-refractivity contribution in [3.05, 3.63) is 35.4 Å². The summed E-state index contributed by atoms with van der Waals surface area (Å²) in [6.45, 7) is 4.11. The van der Waals surface area contributed by atoms with Crippen molar-refractivity contribution in [2.45, 2.75) is 32.2 Å². The summed E-state index contributed by atoms with van der Waals surface area (Å²) in [5.41, 5.74) is 3.76. The van der Waals surface area contributed by atoms with E-state index in [-0.39, 0.29) is 0 Å². The molecule has 0 aliphatic heterocycles. The van der Waals surface area contributed by atoms with E-state index >= 15 is 0 Å². The summed E-state index contributed by atoms with van der Waals surface area (Å²) in [7, 11) is 0. The number of nitrogens with two attached hydrogens (primary N) is 1. The topological polar surface area (TPSA) is 38.0 Å². The van der Waals surface area contributed by atoms with Gasteiger partial charge in [0.15, 0.2) is 0 Å². The Labute approximate surface area is 88.4 Å². The van der Waals surface area contributed by atoms with Gasteiger partial charge in [-0.15, -0.1) is 0 Å². The van der Waals surface area contributed by atoms with E-state index in [9.17, 15) is 8.78 Å². The van der Waals surface area contributed by atoms with Crippen LogP contribution in [0.2, 0.25) is 0 Å². The van der Waals surface area contributed by atoms with E-state index in [4.69, 9.17) is 5.84 Å². The quantitative estimate of drug-likeness (QED) is 0.597. The molecule has 0 aliphatic rings. The Morgan fingerprint density at radius 3 is 1.87 bits per heavy atom. The molecule has 15 heavy (non-hydrogen) atoms. The number of hydrazine groups is 1. The van der Waals surface area contributed by atoms with Gasteiger partial charge in [0.2, 0.25) is 0 Å². The number of hydrogen-bond acceptors (Lipinski definition) is 2. The molecule has 0 saturated heterocycles. The highest BCUT2D eigenvalue weighted by atomic mass is 19.3. The smallest absolute Gasteiger partial charge is 0.259 e. The first-order valence-electron chi connectivity index (χ1n) is 4.90. The summed E-state index contributed by atoms with van der Waals surface area (Å²) < 4.78 is 25.0. The third kappa shape index (κ3) is 2.97. The van der Waals surface area contributed by atoms with Gasteiger partial charge in [-0.1, -0.05) is 38.1 Å². The average molecular weight is 214 g/mol. The molecule has 1 atom stereocenters.